The molecule has 0 saturated carbocycles. The first-order valence-electron chi connectivity index (χ1n) is 11.1. The number of nitrogens with one attached hydrogen (secondary N) is 2. The van der Waals surface area contributed by atoms with Gasteiger partial charge in [0.15, 0.2) is 0 Å². The van der Waals surface area contributed by atoms with Crippen LogP contribution in [0.1, 0.15) is 50.2 Å². The summed E-state index contributed by atoms with van der Waals surface area (Å²) in [6.07, 6.45) is 0.335. The van der Waals surface area contributed by atoms with Gasteiger partial charge in [-0.25, -0.2) is 4.79 Å². The molecule has 170 valence electrons. The van der Waals surface area contributed by atoms with Crippen molar-refractivity contribution in [1.82, 2.24) is 10.6 Å². The second-order valence-corrected chi connectivity index (χ2v) is 8.02. The van der Waals surface area contributed by atoms with Crippen molar-refractivity contribution in [2.24, 2.45) is 5.92 Å². The van der Waals surface area contributed by atoms with E-state index in [-0.39, 0.29) is 31.4 Å². The fraction of sp³-hybridized carbons (Fsp3) is 0.400. The standard InChI is InChI=1S/C25H30N2O5/c1-3-16(24(30)27-17(4-2)13-23(28)29)14-26-25(31)32-15-22-20-11-7-5-9-18(20)19-10-6-8-12-21(19)22/h5-12,16-17,22H,3-4,13-15H2,1-2H3,(H,26,31)(H,27,30)(H,28,29)/t16?,17-/m0/s1. The van der Waals surface area contributed by atoms with Crippen LogP contribution < -0.4 is 10.6 Å². The molecule has 0 bridgehead atoms. The van der Waals surface area contributed by atoms with E-state index in [1.165, 1.54) is 0 Å². The number of hydrogen-bond donors (Lipinski definition) is 3. The molecule has 7 nitrogen and oxygen atoms in total. The van der Waals surface area contributed by atoms with E-state index in [1.54, 1.807) is 0 Å². The van der Waals surface area contributed by atoms with Gasteiger partial charge in [-0.3, -0.25) is 9.59 Å². The van der Waals surface area contributed by atoms with Gasteiger partial charge < -0.3 is 20.5 Å². The number of ether oxygens (including phenoxy) is 1. The third-order valence-electron chi connectivity index (χ3n) is 5.96. The van der Waals surface area contributed by atoms with E-state index in [0.29, 0.717) is 12.8 Å². The van der Waals surface area contributed by atoms with Crippen molar-refractivity contribution in [2.45, 2.75) is 45.1 Å². The second kappa shape index (κ2) is 10.8. The highest BCUT2D eigenvalue weighted by Crippen LogP contribution is 2.44. The van der Waals surface area contributed by atoms with Crippen LogP contribution in [0.5, 0.6) is 0 Å². The molecule has 2 amide bonds. The molecule has 2 aromatic carbocycles. The fourth-order valence-corrected chi connectivity index (χ4v) is 4.11. The summed E-state index contributed by atoms with van der Waals surface area (Å²) < 4.78 is 5.51. The molecule has 1 aliphatic carbocycles. The quantitative estimate of drug-likeness (QED) is 0.521. The number of alkyl carbamates (subject to hydrolysis) is 1. The first kappa shape index (κ1) is 23.3. The lowest BCUT2D eigenvalue weighted by Crippen LogP contribution is -2.43. The number of carbonyl (C=O) groups is 3. The smallest absolute Gasteiger partial charge is 0.407 e. The Morgan fingerprint density at radius 2 is 1.56 bits per heavy atom. The lowest BCUT2D eigenvalue weighted by atomic mass is 9.98. The molecule has 3 N–H and O–H groups in total. The number of amides is 2. The molecule has 0 fully saturated rings. The highest BCUT2D eigenvalue weighted by atomic mass is 16.5. The monoisotopic (exact) mass is 438 g/mol. The van der Waals surface area contributed by atoms with Crippen LogP contribution in [0.3, 0.4) is 0 Å². The minimum absolute atomic E-state index is 0.0280. The molecule has 0 aromatic heterocycles. The Bertz CT molecular complexity index is 929. The molecule has 0 saturated heterocycles. The maximum absolute atomic E-state index is 12.5. The molecule has 1 aliphatic rings. The van der Waals surface area contributed by atoms with Gasteiger partial charge in [0.25, 0.3) is 0 Å². The largest absolute Gasteiger partial charge is 0.481 e. The average Bonchev–Trinajstić information content (AvgIpc) is 3.11. The minimum atomic E-state index is -0.957. The van der Waals surface area contributed by atoms with E-state index >= 15 is 0 Å². The van der Waals surface area contributed by atoms with Gasteiger partial charge in [-0.15, -0.1) is 0 Å². The molecule has 2 aromatic rings. The van der Waals surface area contributed by atoms with Crippen LogP contribution in [0.4, 0.5) is 4.79 Å². The van der Waals surface area contributed by atoms with E-state index in [1.807, 2.05) is 38.1 Å². The SMILES string of the molecule is CCC(CNC(=O)OCC1c2ccccc2-c2ccccc21)C(=O)N[C@@H](CC)CC(=O)O. The van der Waals surface area contributed by atoms with Gasteiger partial charge >= 0.3 is 12.1 Å². The van der Waals surface area contributed by atoms with Crippen LogP contribution in [0.15, 0.2) is 48.5 Å². The summed E-state index contributed by atoms with van der Waals surface area (Å²) in [6.45, 7) is 4.01. The molecule has 7 heteroatoms. The van der Waals surface area contributed by atoms with Crippen LogP contribution in [0, 0.1) is 5.92 Å². The Morgan fingerprint density at radius 1 is 0.969 bits per heavy atom. The number of rotatable bonds is 10. The summed E-state index contributed by atoms with van der Waals surface area (Å²) >= 11 is 0. The fourth-order valence-electron chi connectivity index (χ4n) is 4.11. The first-order valence-corrected chi connectivity index (χ1v) is 11.1. The summed E-state index contributed by atoms with van der Waals surface area (Å²) in [4.78, 5) is 35.7. The third-order valence-corrected chi connectivity index (χ3v) is 5.96. The van der Waals surface area contributed by atoms with Gasteiger partial charge in [0.1, 0.15) is 6.61 Å². The lowest BCUT2D eigenvalue weighted by molar-refractivity contribution is -0.137. The normalized spacial score (nSPS) is 14.1. The number of carboxylic acids is 1. The van der Waals surface area contributed by atoms with Crippen molar-refractivity contribution >= 4 is 18.0 Å². The highest BCUT2D eigenvalue weighted by molar-refractivity contribution is 5.81. The summed E-state index contributed by atoms with van der Waals surface area (Å²) in [5.74, 6) is -1.71. The molecule has 0 aliphatic heterocycles. The zero-order valence-corrected chi connectivity index (χ0v) is 18.5. The first-order chi connectivity index (χ1) is 15.4. The zero-order chi connectivity index (χ0) is 23.1. The van der Waals surface area contributed by atoms with E-state index in [9.17, 15) is 14.4 Å². The van der Waals surface area contributed by atoms with Crippen LogP contribution >= 0.6 is 0 Å². The van der Waals surface area contributed by atoms with Crippen LogP contribution in [-0.4, -0.2) is 42.3 Å². The molecular weight excluding hydrogens is 408 g/mol. The van der Waals surface area contributed by atoms with Crippen LogP contribution in [0.25, 0.3) is 11.1 Å². The molecule has 2 atom stereocenters. The Morgan fingerprint density at radius 3 is 2.09 bits per heavy atom. The average molecular weight is 439 g/mol. The molecule has 0 spiro atoms. The number of benzene rings is 2. The predicted molar refractivity (Wildman–Crippen MR) is 121 cm³/mol. The van der Waals surface area contributed by atoms with E-state index in [0.717, 1.165) is 22.3 Å². The topological polar surface area (TPSA) is 105 Å². The van der Waals surface area contributed by atoms with Crippen molar-refractivity contribution in [3.05, 3.63) is 59.7 Å². The van der Waals surface area contributed by atoms with Crippen molar-refractivity contribution in [1.29, 1.82) is 0 Å². The third kappa shape index (κ3) is 5.46. The van der Waals surface area contributed by atoms with E-state index in [2.05, 4.69) is 34.9 Å². The van der Waals surface area contributed by atoms with Gasteiger partial charge in [-0.2, -0.15) is 0 Å². The van der Waals surface area contributed by atoms with Gasteiger partial charge in [-0.05, 0) is 35.1 Å². The molecule has 0 heterocycles. The lowest BCUT2D eigenvalue weighted by Gasteiger charge is -2.20. The molecular formula is C25H30N2O5. The minimum Gasteiger partial charge on any atom is -0.481 e. The summed E-state index contributed by atoms with van der Waals surface area (Å²) in [7, 11) is 0. The van der Waals surface area contributed by atoms with Gasteiger partial charge in [0.05, 0.1) is 12.3 Å². The predicted octanol–water partition coefficient (Wildman–Crippen LogP) is 3.92. The zero-order valence-electron chi connectivity index (χ0n) is 18.5. The Kier molecular flexibility index (Phi) is 7.87. The number of carbonyl (C=O) groups excluding carboxylic acids is 2. The van der Waals surface area contributed by atoms with E-state index in [4.69, 9.17) is 9.84 Å². The van der Waals surface area contributed by atoms with Gasteiger partial charge in [0.2, 0.25) is 5.91 Å². The maximum Gasteiger partial charge on any atom is 0.407 e. The molecule has 1 unspecified atom stereocenters. The van der Waals surface area contributed by atoms with E-state index < -0.39 is 24.0 Å². The van der Waals surface area contributed by atoms with Crippen LogP contribution in [-0.2, 0) is 14.3 Å². The Hall–Kier alpha value is -3.35. The van der Waals surface area contributed by atoms with Crippen LogP contribution in [0.2, 0.25) is 0 Å². The van der Waals surface area contributed by atoms with Crippen molar-refractivity contribution in [3.8, 4) is 11.1 Å². The number of hydrogen-bond acceptors (Lipinski definition) is 4. The maximum atomic E-state index is 12.5. The summed E-state index contributed by atoms with van der Waals surface area (Å²) in [6, 6.07) is 15.8. The molecule has 32 heavy (non-hydrogen) atoms. The van der Waals surface area contributed by atoms with Crippen molar-refractivity contribution in [3.63, 3.8) is 0 Å². The van der Waals surface area contributed by atoms with Crippen molar-refractivity contribution < 1.29 is 24.2 Å². The Balaban J connectivity index is 1.54. The number of fused-ring (bicyclic) bond motifs is 3. The molecule has 0 radical (unpaired) electrons. The highest BCUT2D eigenvalue weighted by Gasteiger charge is 2.29. The second-order valence-electron chi connectivity index (χ2n) is 8.02. The molecule has 3 rings (SSSR count). The number of aliphatic carboxylic acids is 1. The summed E-state index contributed by atoms with van der Waals surface area (Å²) in [5, 5.41) is 14.4. The van der Waals surface area contributed by atoms with Crippen molar-refractivity contribution in [2.75, 3.05) is 13.2 Å². The van der Waals surface area contributed by atoms with Gasteiger partial charge in [-0.1, -0.05) is 62.4 Å². The Labute approximate surface area is 188 Å². The van der Waals surface area contributed by atoms with Gasteiger partial charge in [0, 0.05) is 18.5 Å². The summed E-state index contributed by atoms with van der Waals surface area (Å²) in [5.41, 5.74) is 4.59. The number of carboxylic acid groups (broad SMARTS) is 1.